The number of phenols is 1. The molecule has 21 heavy (non-hydrogen) atoms. The number of carbonyl (C=O) groups excluding carboxylic acids is 1. The van der Waals surface area contributed by atoms with Crippen molar-refractivity contribution in [2.24, 2.45) is 10.9 Å². The number of hydrogen-bond acceptors (Lipinski definition) is 3. The molecule has 4 N–H and O–H groups in total. The number of anilines is 1. The minimum absolute atomic E-state index is 0.0529. The summed E-state index contributed by atoms with van der Waals surface area (Å²) in [5.41, 5.74) is 0.641. The molecule has 1 aliphatic carbocycles. The van der Waals surface area contributed by atoms with Gasteiger partial charge in [0.2, 0.25) is 5.91 Å². The van der Waals surface area contributed by atoms with Gasteiger partial charge in [0.25, 0.3) is 0 Å². The van der Waals surface area contributed by atoms with Gasteiger partial charge in [-0.3, -0.25) is 4.79 Å². The van der Waals surface area contributed by atoms with Crippen molar-refractivity contribution in [3.63, 3.8) is 0 Å². The highest BCUT2D eigenvalue weighted by atomic mass is 16.3. The monoisotopic (exact) mass is 290 g/mol. The molecule has 0 aliphatic heterocycles. The summed E-state index contributed by atoms with van der Waals surface area (Å²) in [5.74, 6) is 1.32. The fraction of sp³-hybridized carbons (Fsp3) is 0.467. The van der Waals surface area contributed by atoms with Crippen LogP contribution in [-0.4, -0.2) is 36.1 Å². The largest absolute Gasteiger partial charge is 0.508 e. The molecular formula is C15H22N4O2. The lowest BCUT2D eigenvalue weighted by atomic mass is 10.3. The van der Waals surface area contributed by atoms with Crippen molar-refractivity contribution in [1.82, 2.24) is 10.6 Å². The second-order valence-electron chi connectivity index (χ2n) is 5.25. The Bertz CT molecular complexity index is 513. The summed E-state index contributed by atoms with van der Waals surface area (Å²) in [6, 6.07) is 6.80. The van der Waals surface area contributed by atoms with Gasteiger partial charge in [-0.05, 0) is 43.5 Å². The molecule has 0 saturated heterocycles. The van der Waals surface area contributed by atoms with Crippen LogP contribution in [0.3, 0.4) is 0 Å². The molecule has 1 aromatic carbocycles. The van der Waals surface area contributed by atoms with E-state index in [4.69, 9.17) is 0 Å². The molecule has 1 amide bonds. The average molecular weight is 290 g/mol. The number of guanidine groups is 1. The topological polar surface area (TPSA) is 85.8 Å². The summed E-state index contributed by atoms with van der Waals surface area (Å²) in [4.78, 5) is 16.1. The molecule has 0 aromatic heterocycles. The Morgan fingerprint density at radius 1 is 1.38 bits per heavy atom. The first-order valence-corrected chi connectivity index (χ1v) is 7.22. The van der Waals surface area contributed by atoms with E-state index in [9.17, 15) is 9.90 Å². The van der Waals surface area contributed by atoms with Crippen LogP contribution in [0.4, 0.5) is 5.69 Å². The molecule has 2 unspecified atom stereocenters. The van der Waals surface area contributed by atoms with Crippen LogP contribution in [-0.2, 0) is 4.79 Å². The predicted molar refractivity (Wildman–Crippen MR) is 83.4 cm³/mol. The highest BCUT2D eigenvalue weighted by Gasteiger charge is 2.33. The van der Waals surface area contributed by atoms with Crippen LogP contribution in [0.25, 0.3) is 0 Å². The summed E-state index contributed by atoms with van der Waals surface area (Å²) in [7, 11) is 0. The summed E-state index contributed by atoms with van der Waals surface area (Å²) >= 11 is 0. The lowest BCUT2D eigenvalue weighted by Gasteiger charge is -2.10. The maximum Gasteiger partial charge on any atom is 0.246 e. The molecule has 114 valence electrons. The quantitative estimate of drug-likeness (QED) is 0.374. The van der Waals surface area contributed by atoms with E-state index in [1.807, 2.05) is 6.92 Å². The van der Waals surface area contributed by atoms with E-state index >= 15 is 0 Å². The van der Waals surface area contributed by atoms with Crippen LogP contribution in [0.2, 0.25) is 0 Å². The highest BCUT2D eigenvalue weighted by molar-refractivity contribution is 5.94. The third kappa shape index (κ3) is 4.98. The number of nitrogens with zero attached hydrogens (tertiary/aromatic N) is 1. The molecule has 0 spiro atoms. The van der Waals surface area contributed by atoms with Crippen LogP contribution < -0.4 is 16.0 Å². The first kappa shape index (κ1) is 15.2. The fourth-order valence-electron chi connectivity index (χ4n) is 1.91. The van der Waals surface area contributed by atoms with E-state index in [-0.39, 0.29) is 18.2 Å². The Morgan fingerprint density at radius 3 is 2.62 bits per heavy atom. The molecule has 1 fully saturated rings. The SMILES string of the molecule is CCNC(=NCC(=O)Nc1ccc(O)cc1)NC1CC1C. The summed E-state index contributed by atoms with van der Waals surface area (Å²) in [6.07, 6.45) is 1.14. The molecule has 1 saturated carbocycles. The number of aromatic hydroxyl groups is 1. The van der Waals surface area contributed by atoms with Gasteiger partial charge < -0.3 is 21.1 Å². The Hall–Kier alpha value is -2.24. The van der Waals surface area contributed by atoms with Crippen molar-refractivity contribution in [3.05, 3.63) is 24.3 Å². The fourth-order valence-corrected chi connectivity index (χ4v) is 1.91. The Balaban J connectivity index is 1.84. The van der Waals surface area contributed by atoms with E-state index in [2.05, 4.69) is 27.9 Å². The maximum absolute atomic E-state index is 11.8. The van der Waals surface area contributed by atoms with E-state index in [0.717, 1.165) is 13.0 Å². The van der Waals surface area contributed by atoms with Crippen LogP contribution >= 0.6 is 0 Å². The van der Waals surface area contributed by atoms with Crippen LogP contribution in [0, 0.1) is 5.92 Å². The number of phenolic OH excluding ortho intramolecular Hbond substituents is 1. The minimum atomic E-state index is -0.193. The lowest BCUT2D eigenvalue weighted by molar-refractivity contribution is -0.114. The molecule has 6 nitrogen and oxygen atoms in total. The summed E-state index contributed by atoms with van der Waals surface area (Å²) < 4.78 is 0. The highest BCUT2D eigenvalue weighted by Crippen LogP contribution is 2.28. The van der Waals surface area contributed by atoms with Gasteiger partial charge in [-0.15, -0.1) is 0 Å². The van der Waals surface area contributed by atoms with Crippen LogP contribution in [0.1, 0.15) is 20.3 Å². The number of amides is 1. The predicted octanol–water partition coefficient (Wildman–Crippen LogP) is 1.29. The molecular weight excluding hydrogens is 268 g/mol. The lowest BCUT2D eigenvalue weighted by Crippen LogP contribution is -2.39. The molecule has 6 heteroatoms. The summed E-state index contributed by atoms with van der Waals surface area (Å²) in [6.45, 7) is 4.98. The number of nitrogens with one attached hydrogen (secondary N) is 3. The zero-order valence-electron chi connectivity index (χ0n) is 12.4. The second kappa shape index (κ2) is 6.97. The Morgan fingerprint density at radius 2 is 2.05 bits per heavy atom. The third-order valence-electron chi connectivity index (χ3n) is 3.31. The van der Waals surface area contributed by atoms with Gasteiger partial charge in [-0.25, -0.2) is 4.99 Å². The normalized spacial score (nSPS) is 20.8. The van der Waals surface area contributed by atoms with Gasteiger partial charge >= 0.3 is 0 Å². The zero-order chi connectivity index (χ0) is 15.2. The van der Waals surface area contributed by atoms with E-state index in [1.165, 1.54) is 12.1 Å². The molecule has 0 radical (unpaired) electrons. The van der Waals surface area contributed by atoms with Crippen molar-refractivity contribution in [1.29, 1.82) is 0 Å². The summed E-state index contributed by atoms with van der Waals surface area (Å²) in [5, 5.41) is 18.3. The Kier molecular flexibility index (Phi) is 5.03. The van der Waals surface area contributed by atoms with Crippen LogP contribution in [0.5, 0.6) is 5.75 Å². The number of rotatable bonds is 5. The van der Waals surface area contributed by atoms with E-state index < -0.39 is 0 Å². The van der Waals surface area contributed by atoms with Crippen LogP contribution in [0.15, 0.2) is 29.3 Å². The van der Waals surface area contributed by atoms with E-state index in [1.54, 1.807) is 12.1 Å². The first-order valence-electron chi connectivity index (χ1n) is 7.22. The van der Waals surface area contributed by atoms with Crippen molar-refractivity contribution in [2.75, 3.05) is 18.4 Å². The molecule has 0 bridgehead atoms. The molecule has 1 aromatic rings. The van der Waals surface area contributed by atoms with Gasteiger partial charge in [-0.1, -0.05) is 6.92 Å². The standard InChI is InChI=1S/C15H22N4O2/c1-3-16-15(19-13-8-10(13)2)17-9-14(21)18-11-4-6-12(20)7-5-11/h4-7,10,13,20H,3,8-9H2,1-2H3,(H,18,21)(H2,16,17,19). The van der Waals surface area contributed by atoms with Gasteiger partial charge in [0.05, 0.1) is 0 Å². The molecule has 1 aliphatic rings. The average Bonchev–Trinajstić information content (AvgIpc) is 3.14. The van der Waals surface area contributed by atoms with Gasteiger partial charge in [-0.2, -0.15) is 0 Å². The van der Waals surface area contributed by atoms with E-state index in [0.29, 0.717) is 23.6 Å². The number of hydrogen-bond donors (Lipinski definition) is 4. The number of benzene rings is 1. The molecule has 2 rings (SSSR count). The van der Waals surface area contributed by atoms with Gasteiger partial charge in [0.1, 0.15) is 12.3 Å². The first-order chi connectivity index (χ1) is 10.1. The van der Waals surface area contributed by atoms with Crippen molar-refractivity contribution < 1.29 is 9.90 Å². The smallest absolute Gasteiger partial charge is 0.246 e. The number of carbonyl (C=O) groups is 1. The van der Waals surface area contributed by atoms with Crippen molar-refractivity contribution in [3.8, 4) is 5.75 Å². The molecule has 0 heterocycles. The second-order valence-corrected chi connectivity index (χ2v) is 5.25. The van der Waals surface area contributed by atoms with Gasteiger partial charge in [0, 0.05) is 18.3 Å². The van der Waals surface area contributed by atoms with Crippen molar-refractivity contribution in [2.45, 2.75) is 26.3 Å². The molecule has 2 atom stereocenters. The third-order valence-corrected chi connectivity index (χ3v) is 3.31. The number of aliphatic imine (C=N–C) groups is 1. The minimum Gasteiger partial charge on any atom is -0.508 e. The zero-order valence-corrected chi connectivity index (χ0v) is 12.4. The Labute approximate surface area is 124 Å². The van der Waals surface area contributed by atoms with Gasteiger partial charge in [0.15, 0.2) is 5.96 Å². The maximum atomic E-state index is 11.8. The van der Waals surface area contributed by atoms with Crippen molar-refractivity contribution >= 4 is 17.6 Å².